The highest BCUT2D eigenvalue weighted by molar-refractivity contribution is 5.94. The van der Waals surface area contributed by atoms with Crippen LogP contribution in [0.15, 0.2) is 24.3 Å². The van der Waals surface area contributed by atoms with E-state index < -0.39 is 6.10 Å². The average molecular weight is 418 g/mol. The van der Waals surface area contributed by atoms with Crippen molar-refractivity contribution in [1.82, 2.24) is 15.1 Å². The van der Waals surface area contributed by atoms with E-state index in [4.69, 9.17) is 9.47 Å². The third-order valence-corrected chi connectivity index (χ3v) is 6.64. The van der Waals surface area contributed by atoms with Gasteiger partial charge in [-0.05, 0) is 69.5 Å². The van der Waals surface area contributed by atoms with Crippen LogP contribution >= 0.6 is 0 Å². The maximum atomic E-state index is 12.7. The second kappa shape index (κ2) is 10.6. The highest BCUT2D eigenvalue weighted by Crippen LogP contribution is 2.25. The van der Waals surface area contributed by atoms with Gasteiger partial charge in [-0.15, -0.1) is 0 Å². The summed E-state index contributed by atoms with van der Waals surface area (Å²) < 4.78 is 11.3. The van der Waals surface area contributed by atoms with E-state index in [9.17, 15) is 9.90 Å². The minimum Gasteiger partial charge on any atom is -0.492 e. The molecule has 2 heterocycles. The van der Waals surface area contributed by atoms with Crippen LogP contribution in [0.5, 0.6) is 5.75 Å². The maximum absolute atomic E-state index is 12.7. The molecule has 2 N–H and O–H groups in total. The van der Waals surface area contributed by atoms with Gasteiger partial charge in [0.2, 0.25) is 0 Å². The van der Waals surface area contributed by atoms with E-state index in [1.165, 1.54) is 25.9 Å². The highest BCUT2D eigenvalue weighted by Gasteiger charge is 2.36. The molecule has 3 atom stereocenters. The van der Waals surface area contributed by atoms with Gasteiger partial charge < -0.3 is 19.9 Å². The number of likely N-dealkylation sites (tertiary alicyclic amines) is 1. The molecule has 0 spiro atoms. The predicted molar refractivity (Wildman–Crippen MR) is 115 cm³/mol. The Labute approximate surface area is 179 Å². The zero-order chi connectivity index (χ0) is 20.8. The summed E-state index contributed by atoms with van der Waals surface area (Å²) in [5.74, 6) is 0.654. The number of hydrogen-bond donors (Lipinski definition) is 2. The van der Waals surface area contributed by atoms with Crippen LogP contribution in [0, 0.1) is 0 Å². The molecule has 30 heavy (non-hydrogen) atoms. The lowest BCUT2D eigenvalue weighted by Gasteiger charge is -2.43. The SMILES string of the molecule is O=C(N[C@@H]1CCC[C@@H](N2CCOCC2)[C@@H]1O)c1ccc(OCCN2CCCC2)cc1. The molecule has 7 heteroatoms. The highest BCUT2D eigenvalue weighted by atomic mass is 16.5. The minimum atomic E-state index is -0.547. The van der Waals surface area contributed by atoms with Crippen molar-refractivity contribution in [1.29, 1.82) is 0 Å². The molecule has 4 rings (SSSR count). The Balaban J connectivity index is 1.26. The second-order valence-corrected chi connectivity index (χ2v) is 8.64. The lowest BCUT2D eigenvalue weighted by Crippen LogP contribution is -2.58. The van der Waals surface area contributed by atoms with Gasteiger partial charge in [0.05, 0.1) is 25.4 Å². The number of aliphatic hydroxyl groups is 1. The minimum absolute atomic E-state index is 0.0966. The van der Waals surface area contributed by atoms with Gasteiger partial charge in [-0.1, -0.05) is 0 Å². The van der Waals surface area contributed by atoms with E-state index in [1.54, 1.807) is 12.1 Å². The topological polar surface area (TPSA) is 74.3 Å². The first-order valence-corrected chi connectivity index (χ1v) is 11.5. The molecular weight excluding hydrogens is 382 g/mol. The fourth-order valence-corrected chi connectivity index (χ4v) is 4.87. The number of carbonyl (C=O) groups is 1. The first-order chi connectivity index (χ1) is 14.7. The van der Waals surface area contributed by atoms with E-state index in [-0.39, 0.29) is 18.0 Å². The zero-order valence-electron chi connectivity index (χ0n) is 17.8. The fraction of sp³-hybridized carbons (Fsp3) is 0.696. The van der Waals surface area contributed by atoms with E-state index >= 15 is 0 Å². The summed E-state index contributed by atoms with van der Waals surface area (Å²) in [5.41, 5.74) is 0.600. The Bertz CT molecular complexity index is 672. The molecular formula is C23H35N3O4. The molecule has 166 valence electrons. The summed E-state index contributed by atoms with van der Waals surface area (Å²) in [6.45, 7) is 7.08. The molecule has 3 fully saturated rings. The quantitative estimate of drug-likeness (QED) is 0.701. The Morgan fingerprint density at radius 3 is 2.53 bits per heavy atom. The molecule has 1 aromatic carbocycles. The van der Waals surface area contributed by atoms with Gasteiger partial charge in [-0.3, -0.25) is 14.6 Å². The van der Waals surface area contributed by atoms with Crippen LogP contribution in [0.2, 0.25) is 0 Å². The molecule has 0 radical (unpaired) electrons. The van der Waals surface area contributed by atoms with Crippen molar-refractivity contribution in [2.24, 2.45) is 0 Å². The number of hydrogen-bond acceptors (Lipinski definition) is 6. The van der Waals surface area contributed by atoms with Crippen LogP contribution in [0.3, 0.4) is 0 Å². The molecule has 0 unspecified atom stereocenters. The van der Waals surface area contributed by atoms with Gasteiger partial charge in [-0.25, -0.2) is 0 Å². The number of nitrogens with one attached hydrogen (secondary N) is 1. The van der Waals surface area contributed by atoms with E-state index in [2.05, 4.69) is 15.1 Å². The molecule has 0 aromatic heterocycles. The Morgan fingerprint density at radius 2 is 1.80 bits per heavy atom. The smallest absolute Gasteiger partial charge is 0.251 e. The largest absolute Gasteiger partial charge is 0.492 e. The number of benzene rings is 1. The lowest BCUT2D eigenvalue weighted by atomic mass is 9.86. The molecule has 1 amide bonds. The van der Waals surface area contributed by atoms with Gasteiger partial charge in [0.1, 0.15) is 12.4 Å². The average Bonchev–Trinajstić information content (AvgIpc) is 3.30. The molecule has 3 aliphatic rings. The fourth-order valence-electron chi connectivity index (χ4n) is 4.87. The number of amides is 1. The normalized spacial score (nSPS) is 28.4. The molecule has 0 bridgehead atoms. The molecule has 1 saturated carbocycles. The zero-order valence-corrected chi connectivity index (χ0v) is 17.8. The van der Waals surface area contributed by atoms with Gasteiger partial charge in [0, 0.05) is 31.2 Å². The standard InChI is InChI=1S/C23H35N3O4/c27-22-20(4-3-5-21(22)26-13-15-29-16-14-26)24-23(28)18-6-8-19(9-7-18)30-17-12-25-10-1-2-11-25/h6-9,20-22,27H,1-5,10-17H2,(H,24,28)/t20-,21-,22-/m1/s1. The van der Waals surface area contributed by atoms with Gasteiger partial charge in [0.25, 0.3) is 5.91 Å². The number of morpholine rings is 1. The van der Waals surface area contributed by atoms with Crippen LogP contribution in [0.25, 0.3) is 0 Å². The number of ether oxygens (including phenoxy) is 2. The second-order valence-electron chi connectivity index (χ2n) is 8.64. The molecule has 2 saturated heterocycles. The van der Waals surface area contributed by atoms with Crippen LogP contribution in [0.4, 0.5) is 0 Å². The van der Waals surface area contributed by atoms with Gasteiger partial charge in [-0.2, -0.15) is 0 Å². The van der Waals surface area contributed by atoms with Crippen molar-refractivity contribution >= 4 is 5.91 Å². The summed E-state index contributed by atoms with van der Waals surface area (Å²) in [4.78, 5) is 17.5. The summed E-state index contributed by atoms with van der Waals surface area (Å²) >= 11 is 0. The monoisotopic (exact) mass is 417 g/mol. The lowest BCUT2D eigenvalue weighted by molar-refractivity contribution is -0.0459. The Morgan fingerprint density at radius 1 is 1.07 bits per heavy atom. The van der Waals surface area contributed by atoms with Crippen molar-refractivity contribution in [3.63, 3.8) is 0 Å². The van der Waals surface area contributed by atoms with Crippen LogP contribution in [0.1, 0.15) is 42.5 Å². The van der Waals surface area contributed by atoms with Crippen molar-refractivity contribution in [2.75, 3.05) is 52.5 Å². The third-order valence-electron chi connectivity index (χ3n) is 6.64. The molecule has 1 aromatic rings. The summed E-state index contributed by atoms with van der Waals surface area (Å²) in [7, 11) is 0. The molecule has 1 aliphatic carbocycles. The van der Waals surface area contributed by atoms with Crippen LogP contribution < -0.4 is 10.1 Å². The number of carbonyl (C=O) groups excluding carboxylic acids is 1. The number of rotatable bonds is 7. The van der Waals surface area contributed by atoms with Gasteiger partial charge in [0.15, 0.2) is 0 Å². The first-order valence-electron chi connectivity index (χ1n) is 11.5. The van der Waals surface area contributed by atoms with E-state index in [0.29, 0.717) is 25.4 Å². The van der Waals surface area contributed by atoms with Crippen molar-refractivity contribution in [3.8, 4) is 5.75 Å². The Hall–Kier alpha value is -1.67. The molecule has 2 aliphatic heterocycles. The van der Waals surface area contributed by atoms with Crippen molar-refractivity contribution < 1.29 is 19.4 Å². The van der Waals surface area contributed by atoms with Crippen LogP contribution in [-0.4, -0.2) is 91.5 Å². The summed E-state index contributed by atoms with van der Waals surface area (Å²) in [6.07, 6.45) is 4.81. The van der Waals surface area contributed by atoms with E-state index in [1.807, 2.05) is 12.1 Å². The maximum Gasteiger partial charge on any atom is 0.251 e. The Kier molecular flexibility index (Phi) is 7.60. The van der Waals surface area contributed by atoms with Crippen molar-refractivity contribution in [3.05, 3.63) is 29.8 Å². The van der Waals surface area contributed by atoms with Crippen molar-refractivity contribution in [2.45, 2.75) is 50.3 Å². The molecule has 7 nitrogen and oxygen atoms in total. The number of nitrogens with zero attached hydrogens (tertiary/aromatic N) is 2. The summed E-state index contributed by atoms with van der Waals surface area (Å²) in [5, 5.41) is 13.9. The predicted octanol–water partition coefficient (Wildman–Crippen LogP) is 1.51. The first kappa shape index (κ1) is 21.6. The number of aliphatic hydroxyl groups excluding tert-OH is 1. The van der Waals surface area contributed by atoms with Gasteiger partial charge >= 0.3 is 0 Å². The summed E-state index contributed by atoms with van der Waals surface area (Å²) in [6, 6.07) is 7.19. The van der Waals surface area contributed by atoms with Crippen LogP contribution in [-0.2, 0) is 4.74 Å². The van der Waals surface area contributed by atoms with E-state index in [0.717, 1.165) is 44.6 Å². The third kappa shape index (κ3) is 5.52.